The number of aliphatic hydroxyl groups is 1. The molecule has 0 unspecified atom stereocenters. The van der Waals surface area contributed by atoms with Crippen molar-refractivity contribution in [2.45, 2.75) is 69.7 Å². The molecule has 2 aliphatic rings. The molecule has 0 bridgehead atoms. The molecule has 2 nitrogen and oxygen atoms in total. The van der Waals surface area contributed by atoms with Crippen molar-refractivity contribution < 1.29 is 9.84 Å². The molecule has 2 fully saturated rings. The molecule has 0 radical (unpaired) electrons. The standard InChI is InChI=1S/C11H20O2/c12-11(8-4-1-5-9-11)13-10-6-2-3-7-10/h10,12H,1-9H2. The summed E-state index contributed by atoms with van der Waals surface area (Å²) in [6.45, 7) is 0. The van der Waals surface area contributed by atoms with Crippen LogP contribution in [0.3, 0.4) is 0 Å². The van der Waals surface area contributed by atoms with Crippen LogP contribution in [0.15, 0.2) is 0 Å². The topological polar surface area (TPSA) is 29.5 Å². The molecule has 2 aliphatic carbocycles. The smallest absolute Gasteiger partial charge is 0.165 e. The highest BCUT2D eigenvalue weighted by atomic mass is 16.6. The number of hydrogen-bond donors (Lipinski definition) is 1. The second-order valence-electron chi connectivity index (χ2n) is 4.53. The highest BCUT2D eigenvalue weighted by Crippen LogP contribution is 2.33. The minimum atomic E-state index is -0.757. The van der Waals surface area contributed by atoms with Crippen LogP contribution in [0.1, 0.15) is 57.8 Å². The molecule has 0 heterocycles. The summed E-state index contributed by atoms with van der Waals surface area (Å²) in [5.74, 6) is -0.757. The molecular formula is C11H20O2. The van der Waals surface area contributed by atoms with Gasteiger partial charge in [0, 0.05) is 12.8 Å². The van der Waals surface area contributed by atoms with Gasteiger partial charge < -0.3 is 9.84 Å². The van der Waals surface area contributed by atoms with Crippen molar-refractivity contribution in [3.8, 4) is 0 Å². The Morgan fingerprint density at radius 2 is 1.54 bits per heavy atom. The molecule has 0 aromatic carbocycles. The lowest BCUT2D eigenvalue weighted by Gasteiger charge is -2.34. The van der Waals surface area contributed by atoms with Gasteiger partial charge in [-0.05, 0) is 25.7 Å². The van der Waals surface area contributed by atoms with Crippen LogP contribution >= 0.6 is 0 Å². The summed E-state index contributed by atoms with van der Waals surface area (Å²) in [7, 11) is 0. The first-order valence-electron chi connectivity index (χ1n) is 5.69. The van der Waals surface area contributed by atoms with Crippen LogP contribution in [0.25, 0.3) is 0 Å². The monoisotopic (exact) mass is 184 g/mol. The maximum absolute atomic E-state index is 10.1. The van der Waals surface area contributed by atoms with Gasteiger partial charge in [0.15, 0.2) is 5.79 Å². The van der Waals surface area contributed by atoms with Gasteiger partial charge >= 0.3 is 0 Å². The number of ether oxygens (including phenoxy) is 1. The van der Waals surface area contributed by atoms with Crippen molar-refractivity contribution in [2.24, 2.45) is 0 Å². The summed E-state index contributed by atoms with van der Waals surface area (Å²) < 4.78 is 5.80. The lowest BCUT2D eigenvalue weighted by molar-refractivity contribution is -0.243. The van der Waals surface area contributed by atoms with Gasteiger partial charge in [0.05, 0.1) is 6.10 Å². The molecule has 2 rings (SSSR count). The highest BCUT2D eigenvalue weighted by Gasteiger charge is 2.33. The van der Waals surface area contributed by atoms with Crippen LogP contribution in [0.4, 0.5) is 0 Å². The highest BCUT2D eigenvalue weighted by molar-refractivity contribution is 4.77. The van der Waals surface area contributed by atoms with Crippen LogP contribution in [0, 0.1) is 0 Å². The van der Waals surface area contributed by atoms with Crippen molar-refractivity contribution in [1.29, 1.82) is 0 Å². The van der Waals surface area contributed by atoms with Crippen molar-refractivity contribution in [1.82, 2.24) is 0 Å². The maximum Gasteiger partial charge on any atom is 0.165 e. The second-order valence-corrected chi connectivity index (χ2v) is 4.53. The minimum absolute atomic E-state index is 0.350. The fourth-order valence-corrected chi connectivity index (χ4v) is 2.54. The molecule has 2 heteroatoms. The maximum atomic E-state index is 10.1. The molecule has 0 spiro atoms. The first-order valence-corrected chi connectivity index (χ1v) is 5.69. The van der Waals surface area contributed by atoms with Crippen molar-refractivity contribution in [3.05, 3.63) is 0 Å². The van der Waals surface area contributed by atoms with Crippen LogP contribution in [0.2, 0.25) is 0 Å². The average molecular weight is 184 g/mol. The Morgan fingerprint density at radius 1 is 0.923 bits per heavy atom. The lowest BCUT2D eigenvalue weighted by Crippen LogP contribution is -2.37. The van der Waals surface area contributed by atoms with E-state index in [0.29, 0.717) is 6.10 Å². The fraction of sp³-hybridized carbons (Fsp3) is 1.00. The van der Waals surface area contributed by atoms with Gasteiger partial charge in [0.25, 0.3) is 0 Å². The Balaban J connectivity index is 1.83. The number of hydrogen-bond acceptors (Lipinski definition) is 2. The quantitative estimate of drug-likeness (QED) is 0.668. The van der Waals surface area contributed by atoms with Crippen molar-refractivity contribution >= 4 is 0 Å². The SMILES string of the molecule is OC1(OC2CCCC2)CCCCC1. The molecule has 0 saturated heterocycles. The normalized spacial score (nSPS) is 29.3. The zero-order valence-electron chi connectivity index (χ0n) is 8.30. The molecule has 0 aromatic rings. The van der Waals surface area contributed by atoms with Crippen molar-refractivity contribution in [2.75, 3.05) is 0 Å². The van der Waals surface area contributed by atoms with E-state index in [2.05, 4.69) is 0 Å². The molecule has 13 heavy (non-hydrogen) atoms. The largest absolute Gasteiger partial charge is 0.365 e. The molecule has 0 amide bonds. The van der Waals surface area contributed by atoms with Gasteiger partial charge in [-0.2, -0.15) is 0 Å². The van der Waals surface area contributed by atoms with E-state index in [0.717, 1.165) is 38.5 Å². The third kappa shape index (κ3) is 2.44. The molecule has 1 N–H and O–H groups in total. The van der Waals surface area contributed by atoms with Crippen LogP contribution in [-0.2, 0) is 4.74 Å². The van der Waals surface area contributed by atoms with E-state index in [1.807, 2.05) is 0 Å². The van der Waals surface area contributed by atoms with E-state index >= 15 is 0 Å². The molecule has 0 aromatic heterocycles. The van der Waals surface area contributed by atoms with E-state index in [-0.39, 0.29) is 0 Å². The zero-order chi connectivity index (χ0) is 9.15. The molecule has 0 aliphatic heterocycles. The van der Waals surface area contributed by atoms with Gasteiger partial charge in [-0.25, -0.2) is 0 Å². The predicted molar refractivity (Wildman–Crippen MR) is 51.4 cm³/mol. The Bertz CT molecular complexity index is 155. The second kappa shape index (κ2) is 3.97. The van der Waals surface area contributed by atoms with E-state index in [1.54, 1.807) is 0 Å². The summed E-state index contributed by atoms with van der Waals surface area (Å²) in [6, 6.07) is 0. The minimum Gasteiger partial charge on any atom is -0.365 e. The average Bonchev–Trinajstić information content (AvgIpc) is 2.57. The lowest BCUT2D eigenvalue weighted by atomic mass is 9.94. The summed E-state index contributed by atoms with van der Waals surface area (Å²) in [6.07, 6.45) is 10.4. The third-order valence-electron chi connectivity index (χ3n) is 3.32. The Hall–Kier alpha value is -0.0800. The summed E-state index contributed by atoms with van der Waals surface area (Å²) >= 11 is 0. The molecule has 76 valence electrons. The predicted octanol–water partition coefficient (Wildman–Crippen LogP) is 2.60. The van der Waals surface area contributed by atoms with Crippen LogP contribution < -0.4 is 0 Å². The van der Waals surface area contributed by atoms with Crippen LogP contribution in [0.5, 0.6) is 0 Å². The van der Waals surface area contributed by atoms with E-state index in [4.69, 9.17) is 4.74 Å². The van der Waals surface area contributed by atoms with E-state index in [9.17, 15) is 5.11 Å². The molecule has 2 saturated carbocycles. The first kappa shape index (κ1) is 9.47. The van der Waals surface area contributed by atoms with Crippen LogP contribution in [-0.4, -0.2) is 17.0 Å². The Labute approximate surface area is 80.3 Å². The van der Waals surface area contributed by atoms with E-state index < -0.39 is 5.79 Å². The summed E-state index contributed by atoms with van der Waals surface area (Å²) in [4.78, 5) is 0. The van der Waals surface area contributed by atoms with Gasteiger partial charge in [0.2, 0.25) is 0 Å². The fourth-order valence-electron chi connectivity index (χ4n) is 2.54. The Morgan fingerprint density at radius 3 is 2.15 bits per heavy atom. The summed E-state index contributed by atoms with van der Waals surface area (Å²) in [5.41, 5.74) is 0. The Kier molecular flexibility index (Phi) is 2.89. The summed E-state index contributed by atoms with van der Waals surface area (Å²) in [5, 5.41) is 10.1. The third-order valence-corrected chi connectivity index (χ3v) is 3.32. The molecule has 0 atom stereocenters. The van der Waals surface area contributed by atoms with Gasteiger partial charge in [-0.3, -0.25) is 0 Å². The van der Waals surface area contributed by atoms with Gasteiger partial charge in [-0.1, -0.05) is 19.3 Å². The zero-order valence-corrected chi connectivity index (χ0v) is 8.30. The molecular weight excluding hydrogens is 164 g/mol. The van der Waals surface area contributed by atoms with Crippen molar-refractivity contribution in [3.63, 3.8) is 0 Å². The van der Waals surface area contributed by atoms with Gasteiger partial charge in [-0.15, -0.1) is 0 Å². The van der Waals surface area contributed by atoms with Gasteiger partial charge in [0.1, 0.15) is 0 Å². The first-order chi connectivity index (χ1) is 6.29. The van der Waals surface area contributed by atoms with E-state index in [1.165, 1.54) is 19.3 Å². The number of rotatable bonds is 2.